The summed E-state index contributed by atoms with van der Waals surface area (Å²) in [4.78, 5) is 8.56. The maximum Gasteiger partial charge on any atom is 0.397 e. The monoisotopic (exact) mass is 494 g/mol. The molecule has 7 rings (SSSR count). The molecule has 2 saturated heterocycles. The van der Waals surface area contributed by atoms with Crippen molar-refractivity contribution in [1.29, 1.82) is 5.26 Å². The van der Waals surface area contributed by atoms with E-state index >= 15 is 0 Å². The van der Waals surface area contributed by atoms with E-state index in [1.165, 1.54) is 12.8 Å². The highest BCUT2D eigenvalue weighted by Crippen LogP contribution is 2.75. The number of alkyl halides is 3. The van der Waals surface area contributed by atoms with Crippen LogP contribution in [0.5, 0.6) is 0 Å². The lowest BCUT2D eigenvalue weighted by Gasteiger charge is -2.30. The van der Waals surface area contributed by atoms with E-state index in [0.717, 1.165) is 25.9 Å². The summed E-state index contributed by atoms with van der Waals surface area (Å²) in [5, 5.41) is 18.6. The Morgan fingerprint density at radius 3 is 2.58 bits per heavy atom. The topological polar surface area (TPSA) is 82.1 Å². The molecule has 2 atom stereocenters. The Balaban J connectivity index is 1.21. The third-order valence-electron chi connectivity index (χ3n) is 8.86. The summed E-state index contributed by atoms with van der Waals surface area (Å²) in [6.07, 6.45) is 1.44. The van der Waals surface area contributed by atoms with Gasteiger partial charge in [-0.2, -0.15) is 18.4 Å². The zero-order chi connectivity index (χ0) is 24.7. The molecule has 1 aromatic carbocycles. The van der Waals surface area contributed by atoms with Crippen molar-refractivity contribution in [2.75, 3.05) is 31.1 Å². The molecular weight excluding hydrogens is 469 g/mol. The SMILES string of the molecule is N#Cc1ccc(N2C[C@]3(c4nnc(C5CCN(C6CC6)CC5)o4)C[C@]3(C(F)(F)F)C2)c2cccnc12. The van der Waals surface area contributed by atoms with E-state index in [-0.39, 0.29) is 31.3 Å². The smallest absolute Gasteiger partial charge is 0.397 e. The van der Waals surface area contributed by atoms with Crippen molar-refractivity contribution in [3.63, 3.8) is 0 Å². The highest BCUT2D eigenvalue weighted by atomic mass is 19.4. The zero-order valence-electron chi connectivity index (χ0n) is 19.6. The lowest BCUT2D eigenvalue weighted by Crippen LogP contribution is -2.34. The van der Waals surface area contributed by atoms with Gasteiger partial charge in [0, 0.05) is 42.3 Å². The third kappa shape index (κ3) is 3.05. The van der Waals surface area contributed by atoms with Gasteiger partial charge in [-0.3, -0.25) is 4.98 Å². The molecule has 2 aliphatic heterocycles. The van der Waals surface area contributed by atoms with Crippen LogP contribution in [0, 0.1) is 16.7 Å². The number of aromatic nitrogens is 3. The first kappa shape index (κ1) is 22.0. The predicted octanol–water partition coefficient (Wildman–Crippen LogP) is 4.54. The second kappa shape index (κ2) is 7.42. The van der Waals surface area contributed by atoms with Crippen LogP contribution in [0.25, 0.3) is 10.9 Å². The number of halogens is 3. The number of piperidine rings is 2. The van der Waals surface area contributed by atoms with E-state index < -0.39 is 17.0 Å². The van der Waals surface area contributed by atoms with Crippen molar-refractivity contribution >= 4 is 16.6 Å². The summed E-state index contributed by atoms with van der Waals surface area (Å²) < 4.78 is 49.7. The number of pyridine rings is 1. The summed E-state index contributed by atoms with van der Waals surface area (Å²) in [5.74, 6) is 0.685. The first-order valence-electron chi connectivity index (χ1n) is 12.5. The summed E-state index contributed by atoms with van der Waals surface area (Å²) in [6, 6.07) is 9.71. The molecule has 3 aromatic rings. The number of nitriles is 1. The van der Waals surface area contributed by atoms with E-state index in [1.807, 2.05) is 0 Å². The Bertz CT molecular complexity index is 1390. The molecular formula is C26H25F3N6O. The maximum atomic E-state index is 14.5. The van der Waals surface area contributed by atoms with Crippen LogP contribution in [-0.4, -0.2) is 58.5 Å². The quantitative estimate of drug-likeness (QED) is 0.527. The average molecular weight is 495 g/mol. The summed E-state index contributed by atoms with van der Waals surface area (Å²) in [5.41, 5.74) is -1.66. The van der Waals surface area contributed by atoms with Crippen LogP contribution in [0.1, 0.15) is 55.4 Å². The van der Waals surface area contributed by atoms with Gasteiger partial charge in [-0.25, -0.2) is 0 Å². The Hall–Kier alpha value is -3.19. The summed E-state index contributed by atoms with van der Waals surface area (Å²) >= 11 is 0. The molecule has 0 radical (unpaired) electrons. The normalized spacial score (nSPS) is 28.9. The van der Waals surface area contributed by atoms with E-state index in [0.29, 0.717) is 34.1 Å². The fourth-order valence-electron chi connectivity index (χ4n) is 6.64. The number of anilines is 1. The van der Waals surface area contributed by atoms with E-state index in [4.69, 9.17) is 4.42 Å². The van der Waals surface area contributed by atoms with Crippen molar-refractivity contribution < 1.29 is 17.6 Å². The minimum Gasteiger partial charge on any atom is -0.424 e. The lowest BCUT2D eigenvalue weighted by molar-refractivity contribution is -0.187. The molecule has 2 saturated carbocycles. The van der Waals surface area contributed by atoms with Crippen molar-refractivity contribution in [3.05, 3.63) is 47.8 Å². The van der Waals surface area contributed by atoms with E-state index in [1.54, 1.807) is 35.4 Å². The molecule has 2 aromatic heterocycles. The van der Waals surface area contributed by atoms with Gasteiger partial charge in [-0.15, -0.1) is 10.2 Å². The number of hydrogen-bond donors (Lipinski definition) is 0. The number of benzene rings is 1. The second-order valence-corrected chi connectivity index (χ2v) is 10.8. The summed E-state index contributed by atoms with van der Waals surface area (Å²) in [7, 11) is 0. The molecule has 2 aliphatic carbocycles. The van der Waals surface area contributed by atoms with Crippen molar-refractivity contribution in [1.82, 2.24) is 20.1 Å². The van der Waals surface area contributed by atoms with Crippen LogP contribution in [-0.2, 0) is 5.41 Å². The largest absolute Gasteiger partial charge is 0.424 e. The van der Waals surface area contributed by atoms with Crippen molar-refractivity contribution in [2.45, 2.75) is 55.7 Å². The van der Waals surface area contributed by atoms with Crippen LogP contribution in [0.2, 0.25) is 0 Å². The lowest BCUT2D eigenvalue weighted by atomic mass is 9.95. The Morgan fingerprint density at radius 2 is 1.86 bits per heavy atom. The molecule has 10 heteroatoms. The van der Waals surface area contributed by atoms with Gasteiger partial charge in [0.25, 0.3) is 0 Å². The van der Waals surface area contributed by atoms with Gasteiger partial charge >= 0.3 is 6.18 Å². The predicted molar refractivity (Wildman–Crippen MR) is 124 cm³/mol. The Kier molecular flexibility index (Phi) is 4.54. The minimum atomic E-state index is -4.41. The van der Waals surface area contributed by atoms with Crippen molar-refractivity contribution in [3.8, 4) is 6.07 Å². The number of fused-ring (bicyclic) bond motifs is 2. The minimum absolute atomic E-state index is 0.0474. The van der Waals surface area contributed by atoms with Crippen LogP contribution >= 0.6 is 0 Å². The van der Waals surface area contributed by atoms with E-state index in [9.17, 15) is 18.4 Å². The first-order chi connectivity index (χ1) is 17.4. The molecule has 4 heterocycles. The van der Waals surface area contributed by atoms with E-state index in [2.05, 4.69) is 26.2 Å². The number of nitrogens with zero attached hydrogens (tertiary/aromatic N) is 6. The average Bonchev–Trinajstić information content (AvgIpc) is 3.75. The molecule has 36 heavy (non-hydrogen) atoms. The van der Waals surface area contributed by atoms with Crippen LogP contribution < -0.4 is 4.90 Å². The standard InChI is InChI=1S/C26H25F3N6O/c27-26(28,29)25-13-24(25,23-33-32-22(36-23)16-7-10-34(11-8-16)18-4-5-18)14-35(15-25)20-6-3-17(12-30)21-19(20)2-1-9-31-21/h1-3,6,9,16,18H,4-5,7-8,10-11,13-15H2/t24-,25-/m0/s1. The van der Waals surface area contributed by atoms with Gasteiger partial charge in [0.15, 0.2) is 0 Å². The van der Waals surface area contributed by atoms with Gasteiger partial charge in [-0.1, -0.05) is 0 Å². The Labute approximate surface area is 205 Å². The second-order valence-electron chi connectivity index (χ2n) is 10.8. The highest BCUT2D eigenvalue weighted by molar-refractivity contribution is 5.95. The zero-order valence-corrected chi connectivity index (χ0v) is 19.6. The molecule has 0 bridgehead atoms. The van der Waals surface area contributed by atoms with Gasteiger partial charge in [0.1, 0.15) is 11.5 Å². The molecule has 0 amide bonds. The molecule has 0 N–H and O–H groups in total. The Morgan fingerprint density at radius 1 is 1.06 bits per heavy atom. The molecule has 4 fully saturated rings. The molecule has 4 aliphatic rings. The highest BCUT2D eigenvalue weighted by Gasteiger charge is 2.86. The van der Waals surface area contributed by atoms with Crippen LogP contribution in [0.3, 0.4) is 0 Å². The number of hydrogen-bond acceptors (Lipinski definition) is 7. The molecule has 7 nitrogen and oxygen atoms in total. The molecule has 0 spiro atoms. The number of likely N-dealkylation sites (tertiary alicyclic amines) is 1. The molecule has 186 valence electrons. The van der Waals surface area contributed by atoms with Gasteiger partial charge in [-0.05, 0) is 69.5 Å². The van der Waals surface area contributed by atoms with Crippen LogP contribution in [0.4, 0.5) is 18.9 Å². The van der Waals surface area contributed by atoms with Gasteiger partial charge < -0.3 is 14.2 Å². The van der Waals surface area contributed by atoms with Crippen LogP contribution in [0.15, 0.2) is 34.9 Å². The fraction of sp³-hybridized carbons (Fsp3) is 0.538. The first-order valence-corrected chi connectivity index (χ1v) is 12.5. The van der Waals surface area contributed by atoms with Crippen molar-refractivity contribution in [2.24, 2.45) is 5.41 Å². The van der Waals surface area contributed by atoms with Gasteiger partial charge in [0.05, 0.1) is 16.5 Å². The third-order valence-corrected chi connectivity index (χ3v) is 8.86. The fourth-order valence-corrected chi connectivity index (χ4v) is 6.64. The maximum absolute atomic E-state index is 14.5. The summed E-state index contributed by atoms with van der Waals surface area (Å²) in [6.45, 7) is 1.88. The van der Waals surface area contributed by atoms with Gasteiger partial charge in [0.2, 0.25) is 11.8 Å². The number of rotatable bonds is 4. The molecule has 0 unspecified atom stereocenters.